The molecule has 0 spiro atoms. The van der Waals surface area contributed by atoms with Crippen molar-refractivity contribution in [1.82, 2.24) is 5.32 Å². The van der Waals surface area contributed by atoms with Gasteiger partial charge in [-0.2, -0.15) is 0 Å². The maximum atomic E-state index is 12.8. The molecule has 0 fully saturated rings. The number of hydrogen-bond acceptors (Lipinski definition) is 6. The SMILES string of the molecule is NC(=O)c1ccc(SCC(=O)NCCOc2ccc(F)cc2)c([N+](=O)[O-])c1. The van der Waals surface area contributed by atoms with Gasteiger partial charge in [0.25, 0.3) is 5.69 Å². The number of nitro benzene ring substituents is 1. The molecule has 0 atom stereocenters. The number of carbonyl (C=O) groups excluding carboxylic acids is 2. The third-order valence-corrected chi connectivity index (χ3v) is 4.37. The summed E-state index contributed by atoms with van der Waals surface area (Å²) in [5.41, 5.74) is 4.84. The van der Waals surface area contributed by atoms with Gasteiger partial charge in [0.1, 0.15) is 18.2 Å². The fourth-order valence-electron chi connectivity index (χ4n) is 2.02. The lowest BCUT2D eigenvalue weighted by molar-refractivity contribution is -0.387. The molecule has 10 heteroatoms. The highest BCUT2D eigenvalue weighted by atomic mass is 32.2. The van der Waals surface area contributed by atoms with E-state index < -0.39 is 10.8 Å². The highest BCUT2D eigenvalue weighted by Crippen LogP contribution is 2.29. The molecule has 0 saturated carbocycles. The number of nitrogens with two attached hydrogens (primary N) is 1. The number of benzene rings is 2. The van der Waals surface area contributed by atoms with Gasteiger partial charge in [-0.15, -0.1) is 11.8 Å². The van der Waals surface area contributed by atoms with Crippen LogP contribution in [0.3, 0.4) is 0 Å². The quantitative estimate of drug-likeness (QED) is 0.291. The van der Waals surface area contributed by atoms with Gasteiger partial charge in [0.2, 0.25) is 11.8 Å². The number of hydrogen-bond donors (Lipinski definition) is 2. The van der Waals surface area contributed by atoms with Crippen molar-refractivity contribution >= 4 is 29.3 Å². The van der Waals surface area contributed by atoms with Gasteiger partial charge in [0.05, 0.1) is 22.1 Å². The summed E-state index contributed by atoms with van der Waals surface area (Å²) < 4.78 is 18.1. The summed E-state index contributed by atoms with van der Waals surface area (Å²) in [4.78, 5) is 33.7. The van der Waals surface area contributed by atoms with Gasteiger partial charge in [-0.25, -0.2) is 4.39 Å². The van der Waals surface area contributed by atoms with E-state index in [0.29, 0.717) is 5.75 Å². The van der Waals surface area contributed by atoms with Crippen molar-refractivity contribution in [3.8, 4) is 5.75 Å². The lowest BCUT2D eigenvalue weighted by Crippen LogP contribution is -2.29. The first-order valence-corrected chi connectivity index (χ1v) is 8.71. The summed E-state index contributed by atoms with van der Waals surface area (Å²) in [5, 5.41) is 13.7. The smallest absolute Gasteiger partial charge is 0.283 e. The van der Waals surface area contributed by atoms with E-state index in [-0.39, 0.29) is 46.8 Å². The van der Waals surface area contributed by atoms with Crippen LogP contribution in [0, 0.1) is 15.9 Å². The maximum Gasteiger partial charge on any atom is 0.283 e. The summed E-state index contributed by atoms with van der Waals surface area (Å²) in [6, 6.07) is 9.31. The Morgan fingerprint density at radius 2 is 1.93 bits per heavy atom. The van der Waals surface area contributed by atoms with Crippen molar-refractivity contribution in [2.45, 2.75) is 4.90 Å². The van der Waals surface area contributed by atoms with Crippen LogP contribution in [0.5, 0.6) is 5.75 Å². The van der Waals surface area contributed by atoms with Crippen LogP contribution in [0.1, 0.15) is 10.4 Å². The normalized spacial score (nSPS) is 10.3. The summed E-state index contributed by atoms with van der Waals surface area (Å²) in [6.45, 7) is 0.412. The van der Waals surface area contributed by atoms with Crippen molar-refractivity contribution in [3.05, 3.63) is 64.0 Å². The molecule has 2 aromatic rings. The lowest BCUT2D eigenvalue weighted by atomic mass is 10.2. The van der Waals surface area contributed by atoms with E-state index >= 15 is 0 Å². The van der Waals surface area contributed by atoms with Crippen molar-refractivity contribution in [1.29, 1.82) is 0 Å². The van der Waals surface area contributed by atoms with Gasteiger partial charge in [0, 0.05) is 11.6 Å². The zero-order valence-corrected chi connectivity index (χ0v) is 14.8. The van der Waals surface area contributed by atoms with Gasteiger partial charge < -0.3 is 15.8 Å². The van der Waals surface area contributed by atoms with Crippen LogP contribution in [0.15, 0.2) is 47.4 Å². The number of nitrogens with zero attached hydrogens (tertiary/aromatic N) is 1. The number of rotatable bonds is 9. The minimum atomic E-state index is -0.770. The summed E-state index contributed by atoms with van der Waals surface area (Å²) in [7, 11) is 0. The molecule has 0 radical (unpaired) electrons. The Morgan fingerprint density at radius 3 is 2.56 bits per heavy atom. The Morgan fingerprint density at radius 1 is 1.22 bits per heavy atom. The molecule has 0 heterocycles. The number of ether oxygens (including phenoxy) is 1. The first-order valence-electron chi connectivity index (χ1n) is 7.73. The molecule has 2 amide bonds. The second-order valence-electron chi connectivity index (χ2n) is 5.24. The predicted octanol–water partition coefficient (Wildman–Crippen LogP) is 2.12. The molecule has 0 aliphatic heterocycles. The van der Waals surface area contributed by atoms with E-state index in [1.165, 1.54) is 36.4 Å². The second-order valence-corrected chi connectivity index (χ2v) is 6.26. The van der Waals surface area contributed by atoms with Gasteiger partial charge in [-0.1, -0.05) is 0 Å². The zero-order chi connectivity index (χ0) is 19.8. The molecular formula is C17H16FN3O5S. The van der Waals surface area contributed by atoms with Crippen molar-refractivity contribution in [2.75, 3.05) is 18.9 Å². The van der Waals surface area contributed by atoms with Crippen LogP contribution < -0.4 is 15.8 Å². The highest BCUT2D eigenvalue weighted by Gasteiger charge is 2.17. The van der Waals surface area contributed by atoms with E-state index in [9.17, 15) is 24.1 Å². The standard InChI is InChI=1S/C17H16FN3O5S/c18-12-2-4-13(5-3-12)26-8-7-20-16(22)10-27-15-6-1-11(17(19)23)9-14(15)21(24)25/h1-6,9H,7-8,10H2,(H2,19,23)(H,20,22). The summed E-state index contributed by atoms with van der Waals surface area (Å²) in [6.07, 6.45) is 0. The summed E-state index contributed by atoms with van der Waals surface area (Å²) >= 11 is 0.972. The molecule has 0 aliphatic carbocycles. The van der Waals surface area contributed by atoms with Crippen LogP contribution in [-0.2, 0) is 4.79 Å². The van der Waals surface area contributed by atoms with Crippen LogP contribution in [-0.4, -0.2) is 35.6 Å². The van der Waals surface area contributed by atoms with E-state index in [0.717, 1.165) is 17.8 Å². The Hall–Kier alpha value is -3.14. The van der Waals surface area contributed by atoms with E-state index in [2.05, 4.69) is 5.32 Å². The largest absolute Gasteiger partial charge is 0.492 e. The molecule has 3 N–H and O–H groups in total. The monoisotopic (exact) mass is 393 g/mol. The van der Waals surface area contributed by atoms with Gasteiger partial charge in [-0.05, 0) is 36.4 Å². The Labute approximate surface area is 158 Å². The number of halogens is 1. The van der Waals surface area contributed by atoms with Crippen molar-refractivity contribution < 1.29 is 23.6 Å². The van der Waals surface area contributed by atoms with E-state index in [1.54, 1.807) is 0 Å². The Balaban J connectivity index is 1.80. The Kier molecular flexibility index (Phi) is 7.12. The molecule has 0 aromatic heterocycles. The molecule has 0 saturated heterocycles. The molecule has 8 nitrogen and oxygen atoms in total. The first kappa shape index (κ1) is 20.2. The number of nitrogens with one attached hydrogen (secondary N) is 1. The average molecular weight is 393 g/mol. The number of carbonyl (C=O) groups is 2. The molecule has 2 rings (SSSR count). The minimum absolute atomic E-state index is 0.0217. The summed E-state index contributed by atoms with van der Waals surface area (Å²) in [5.74, 6) is -1.05. The highest BCUT2D eigenvalue weighted by molar-refractivity contribution is 8.00. The zero-order valence-electron chi connectivity index (χ0n) is 14.0. The van der Waals surface area contributed by atoms with Crippen LogP contribution in [0.4, 0.5) is 10.1 Å². The molecule has 0 unspecified atom stereocenters. The van der Waals surface area contributed by atoms with Crippen LogP contribution in [0.25, 0.3) is 0 Å². The Bertz CT molecular complexity index is 845. The number of primary amides is 1. The molecule has 27 heavy (non-hydrogen) atoms. The van der Waals surface area contributed by atoms with E-state index in [1.807, 2.05) is 0 Å². The molecular weight excluding hydrogens is 377 g/mol. The van der Waals surface area contributed by atoms with Crippen molar-refractivity contribution in [2.24, 2.45) is 5.73 Å². The third kappa shape index (κ3) is 6.26. The van der Waals surface area contributed by atoms with E-state index in [4.69, 9.17) is 10.5 Å². The number of nitro groups is 1. The molecule has 142 valence electrons. The first-order chi connectivity index (χ1) is 12.9. The van der Waals surface area contributed by atoms with Crippen LogP contribution >= 0.6 is 11.8 Å². The fourth-order valence-corrected chi connectivity index (χ4v) is 2.85. The number of amides is 2. The third-order valence-electron chi connectivity index (χ3n) is 3.31. The fraction of sp³-hybridized carbons (Fsp3) is 0.176. The van der Waals surface area contributed by atoms with Gasteiger partial charge in [-0.3, -0.25) is 19.7 Å². The maximum absolute atomic E-state index is 12.8. The molecule has 0 bridgehead atoms. The molecule has 0 aliphatic rings. The average Bonchev–Trinajstić information content (AvgIpc) is 2.64. The number of thioether (sulfide) groups is 1. The van der Waals surface area contributed by atoms with Crippen LogP contribution in [0.2, 0.25) is 0 Å². The predicted molar refractivity (Wildman–Crippen MR) is 97.2 cm³/mol. The topological polar surface area (TPSA) is 125 Å². The minimum Gasteiger partial charge on any atom is -0.492 e. The second kappa shape index (κ2) is 9.53. The van der Waals surface area contributed by atoms with Gasteiger partial charge >= 0.3 is 0 Å². The molecule has 2 aromatic carbocycles. The van der Waals surface area contributed by atoms with Gasteiger partial charge in [0.15, 0.2) is 0 Å². The van der Waals surface area contributed by atoms with Crippen molar-refractivity contribution in [3.63, 3.8) is 0 Å². The lowest BCUT2D eigenvalue weighted by Gasteiger charge is -2.08.